The molecule has 3 aromatic rings. The molecule has 2 amide bonds. The van der Waals surface area contributed by atoms with E-state index in [-0.39, 0.29) is 4.90 Å². The maximum Gasteiger partial charge on any atom is 0.407 e. The molecule has 0 aromatic heterocycles. The molecule has 226 valence electrons. The number of amides is 2. The summed E-state index contributed by atoms with van der Waals surface area (Å²) in [6.45, 7) is 2.50. The van der Waals surface area contributed by atoms with E-state index in [0.717, 1.165) is 11.4 Å². The number of nitrogen functional groups attached to an aromatic ring is 1. The minimum Gasteiger partial charge on any atom is -0.453 e. The Morgan fingerprint density at radius 1 is 0.929 bits per heavy atom. The number of aliphatic hydroxyl groups excluding tert-OH is 1. The minimum absolute atomic E-state index is 0.0702. The van der Waals surface area contributed by atoms with E-state index in [1.807, 2.05) is 0 Å². The van der Waals surface area contributed by atoms with Gasteiger partial charge in [-0.1, -0.05) is 60.7 Å². The third kappa shape index (κ3) is 8.05. The highest BCUT2D eigenvalue weighted by atomic mass is 32.2. The first-order valence-electron chi connectivity index (χ1n) is 13.4. The lowest BCUT2D eigenvalue weighted by Gasteiger charge is -2.34. The van der Waals surface area contributed by atoms with Crippen molar-refractivity contribution in [1.82, 2.24) is 14.9 Å². The van der Waals surface area contributed by atoms with Crippen molar-refractivity contribution in [2.45, 2.75) is 55.5 Å². The monoisotopic (exact) mass is 600 g/mol. The third-order valence-corrected chi connectivity index (χ3v) is 8.85. The largest absolute Gasteiger partial charge is 0.453 e. The summed E-state index contributed by atoms with van der Waals surface area (Å²) < 4.78 is 48.3. The van der Waals surface area contributed by atoms with Crippen LogP contribution in [-0.4, -0.2) is 68.0 Å². The lowest BCUT2D eigenvalue weighted by molar-refractivity contribution is -0.125. The Morgan fingerprint density at radius 2 is 1.45 bits per heavy atom. The number of carbonyl (C=O) groups is 2. The van der Waals surface area contributed by atoms with Crippen LogP contribution in [0.1, 0.15) is 37.3 Å². The van der Waals surface area contributed by atoms with Crippen LogP contribution in [0.4, 0.5) is 14.9 Å². The molecule has 0 radical (unpaired) electrons. The molecule has 5 N–H and O–H groups in total. The lowest BCUT2D eigenvalue weighted by atomic mass is 9.84. The third-order valence-electron chi connectivity index (χ3n) is 6.70. The summed E-state index contributed by atoms with van der Waals surface area (Å²) in [6.07, 6.45) is -3.52. The predicted octanol–water partition coefficient (Wildman–Crippen LogP) is 3.39. The number of nitrogens with zero attached hydrogens (tertiary/aromatic N) is 1. The number of aliphatic hydroxyl groups is 1. The summed E-state index contributed by atoms with van der Waals surface area (Å²) in [7, 11) is -3.01. The van der Waals surface area contributed by atoms with Crippen molar-refractivity contribution in [3.63, 3.8) is 0 Å². The molecule has 0 aliphatic rings. The summed E-state index contributed by atoms with van der Waals surface area (Å²) in [5, 5.41) is 14.9. The number of nitrogens with two attached hydrogens (primary N) is 1. The van der Waals surface area contributed by atoms with E-state index in [9.17, 15) is 23.1 Å². The molecule has 0 aliphatic carbocycles. The summed E-state index contributed by atoms with van der Waals surface area (Å²) >= 11 is 0. The zero-order valence-electron chi connectivity index (χ0n) is 23.7. The van der Waals surface area contributed by atoms with Crippen molar-refractivity contribution in [2.24, 2.45) is 0 Å². The van der Waals surface area contributed by atoms with E-state index in [2.05, 4.69) is 10.6 Å². The Labute approximate surface area is 245 Å². The number of anilines is 1. The summed E-state index contributed by atoms with van der Waals surface area (Å²) in [4.78, 5) is 25.8. The molecule has 0 saturated heterocycles. The second-order valence-corrected chi connectivity index (χ2v) is 11.8. The number of alkyl carbamates (subject to hydrolysis) is 1. The molecule has 0 saturated carbocycles. The first kappa shape index (κ1) is 32.5. The average Bonchev–Trinajstić information content (AvgIpc) is 2.97. The molecule has 0 aliphatic heterocycles. The van der Waals surface area contributed by atoms with Crippen molar-refractivity contribution >= 4 is 27.7 Å². The number of benzene rings is 3. The molecule has 0 spiro atoms. The smallest absolute Gasteiger partial charge is 0.407 e. The molecular weight excluding hydrogens is 563 g/mol. The van der Waals surface area contributed by atoms with Gasteiger partial charge in [-0.2, -0.15) is 4.31 Å². The Kier molecular flexibility index (Phi) is 11.4. The fraction of sp³-hybridized carbons (Fsp3) is 0.333. The van der Waals surface area contributed by atoms with Gasteiger partial charge in [0.25, 0.3) is 0 Å². The van der Waals surface area contributed by atoms with E-state index in [0.29, 0.717) is 16.8 Å². The number of methoxy groups -OCH3 is 1. The number of ether oxygens (including phenoxy) is 1. The minimum atomic E-state index is -4.16. The van der Waals surface area contributed by atoms with Gasteiger partial charge in [0.2, 0.25) is 15.9 Å². The van der Waals surface area contributed by atoms with Crippen molar-refractivity contribution in [2.75, 3.05) is 19.5 Å². The Bertz CT molecular complexity index is 1370. The molecule has 3 atom stereocenters. The van der Waals surface area contributed by atoms with Gasteiger partial charge in [0, 0.05) is 24.1 Å². The van der Waals surface area contributed by atoms with Gasteiger partial charge in [-0.05, 0) is 49.2 Å². The van der Waals surface area contributed by atoms with E-state index >= 15 is 4.39 Å². The van der Waals surface area contributed by atoms with Crippen LogP contribution >= 0.6 is 0 Å². The van der Waals surface area contributed by atoms with Crippen LogP contribution in [0.25, 0.3) is 0 Å². The van der Waals surface area contributed by atoms with E-state index in [4.69, 9.17) is 10.5 Å². The number of rotatable bonds is 13. The fourth-order valence-electron chi connectivity index (χ4n) is 4.84. The first-order valence-corrected chi connectivity index (χ1v) is 14.8. The molecule has 3 aromatic carbocycles. The van der Waals surface area contributed by atoms with Gasteiger partial charge in [0.15, 0.2) is 6.30 Å². The number of hydrogen-bond donors (Lipinski definition) is 4. The van der Waals surface area contributed by atoms with Crippen LogP contribution in [0.2, 0.25) is 0 Å². The second-order valence-electron chi connectivity index (χ2n) is 9.96. The van der Waals surface area contributed by atoms with Crippen molar-refractivity contribution < 1.29 is 32.2 Å². The summed E-state index contributed by atoms with van der Waals surface area (Å²) in [6, 6.07) is 20.2. The van der Waals surface area contributed by atoms with Crippen LogP contribution in [0.5, 0.6) is 0 Å². The van der Waals surface area contributed by atoms with Crippen molar-refractivity contribution in [1.29, 1.82) is 0 Å². The van der Waals surface area contributed by atoms with Crippen LogP contribution in [-0.2, 0) is 19.6 Å². The Hall–Kier alpha value is -4.00. The zero-order valence-corrected chi connectivity index (χ0v) is 24.5. The fourth-order valence-corrected chi connectivity index (χ4v) is 6.67. The molecule has 10 nitrogen and oxygen atoms in total. The Morgan fingerprint density at radius 3 is 1.90 bits per heavy atom. The normalized spacial score (nSPS) is 13.9. The SMILES string of the molecule is COC(=O)N[C@H](C(=O)NC(F)C[C@@H](CO)N(C(C)C)S(=O)(=O)c1ccc(N)cc1)C(c1ccccc1)c1ccccc1. The van der Waals surface area contributed by atoms with Crippen LogP contribution in [0.15, 0.2) is 89.8 Å². The summed E-state index contributed by atoms with van der Waals surface area (Å²) in [5.74, 6) is -1.58. The topological polar surface area (TPSA) is 151 Å². The quantitative estimate of drug-likeness (QED) is 0.173. The number of carbonyl (C=O) groups excluding carboxylic acids is 2. The number of sulfonamides is 1. The van der Waals surface area contributed by atoms with Crippen LogP contribution in [0.3, 0.4) is 0 Å². The first-order chi connectivity index (χ1) is 20.0. The van der Waals surface area contributed by atoms with Crippen molar-refractivity contribution in [3.8, 4) is 0 Å². The van der Waals surface area contributed by atoms with Gasteiger partial charge in [0.1, 0.15) is 6.04 Å². The predicted molar refractivity (Wildman–Crippen MR) is 158 cm³/mol. The number of hydrogen-bond acceptors (Lipinski definition) is 7. The molecule has 1 unspecified atom stereocenters. The van der Waals surface area contributed by atoms with Crippen molar-refractivity contribution in [3.05, 3.63) is 96.1 Å². The van der Waals surface area contributed by atoms with Gasteiger partial charge in [-0.15, -0.1) is 0 Å². The zero-order chi connectivity index (χ0) is 30.9. The van der Waals surface area contributed by atoms with Gasteiger partial charge in [-0.25, -0.2) is 17.6 Å². The second kappa shape index (κ2) is 14.8. The highest BCUT2D eigenvalue weighted by molar-refractivity contribution is 7.89. The molecule has 42 heavy (non-hydrogen) atoms. The molecule has 3 rings (SSSR count). The Balaban J connectivity index is 1.89. The molecule has 0 heterocycles. The number of alkyl halides is 1. The highest BCUT2D eigenvalue weighted by Crippen LogP contribution is 2.29. The lowest BCUT2D eigenvalue weighted by Crippen LogP contribution is -2.54. The number of halogens is 1. The molecular formula is C30H37FN4O6S. The van der Waals surface area contributed by atoms with E-state index in [1.165, 1.54) is 24.3 Å². The van der Waals surface area contributed by atoms with E-state index < -0.39 is 65.4 Å². The average molecular weight is 601 g/mol. The van der Waals surface area contributed by atoms with Crippen LogP contribution in [0, 0.1) is 0 Å². The number of nitrogens with one attached hydrogen (secondary N) is 2. The maximum atomic E-state index is 15.6. The van der Waals surface area contributed by atoms with Gasteiger partial charge in [-0.3, -0.25) is 4.79 Å². The van der Waals surface area contributed by atoms with Gasteiger partial charge < -0.3 is 26.2 Å². The molecule has 0 fully saturated rings. The van der Waals surface area contributed by atoms with E-state index in [1.54, 1.807) is 74.5 Å². The molecule has 0 bridgehead atoms. The maximum absolute atomic E-state index is 15.6. The standard InChI is InChI=1S/C30H37FN4O6S/c1-20(2)35(42(39,40)25-16-14-23(32)15-17-25)24(19-36)18-26(31)33-29(37)28(34-30(38)41-3)27(21-10-6-4-7-11-21)22-12-8-5-9-13-22/h4-17,20,24,26-28,36H,18-19,32H2,1-3H3,(H,33,37)(H,34,38)/t24-,26?,28-/m0/s1. The van der Waals surface area contributed by atoms with Gasteiger partial charge in [0.05, 0.1) is 24.7 Å². The van der Waals surface area contributed by atoms with Gasteiger partial charge >= 0.3 is 6.09 Å². The summed E-state index contributed by atoms with van der Waals surface area (Å²) in [5.41, 5.74) is 7.43. The van der Waals surface area contributed by atoms with Crippen LogP contribution < -0.4 is 16.4 Å². The highest BCUT2D eigenvalue weighted by Gasteiger charge is 2.37. The molecule has 12 heteroatoms.